The lowest BCUT2D eigenvalue weighted by Crippen LogP contribution is -2.45. The van der Waals surface area contributed by atoms with Crippen LogP contribution in [0.3, 0.4) is 0 Å². The molecule has 0 bridgehead atoms. The molecule has 1 aliphatic heterocycles. The fraction of sp³-hybridized carbons (Fsp3) is 0.778. The van der Waals surface area contributed by atoms with Crippen LogP contribution >= 0.6 is 0 Å². The highest BCUT2D eigenvalue weighted by Crippen LogP contribution is 2.28. The molecule has 0 aromatic carbocycles. The van der Waals surface area contributed by atoms with Gasteiger partial charge in [0.15, 0.2) is 0 Å². The molecule has 1 aromatic rings. The minimum absolute atomic E-state index is 0.0755. The summed E-state index contributed by atoms with van der Waals surface area (Å²) in [5.41, 5.74) is 2.30. The quantitative estimate of drug-likeness (QED) is 0.700. The molecular weight excluding hydrogens is 364 g/mol. The van der Waals surface area contributed by atoms with Crippen LogP contribution in [0.25, 0.3) is 0 Å². The summed E-state index contributed by atoms with van der Waals surface area (Å²) in [5, 5.41) is 3.30. The number of anilines is 2. The van der Waals surface area contributed by atoms with E-state index in [9.17, 15) is 8.42 Å². The Labute approximate surface area is 161 Å². The van der Waals surface area contributed by atoms with Gasteiger partial charge in [0.2, 0.25) is 16.0 Å². The summed E-state index contributed by atoms with van der Waals surface area (Å²) >= 11 is 0. The standard InChI is InChI=1S/C18H30N6O2S/c1-23-9-11-24(12-10-23)18-20-16-5-3-2-4-15(16)17(21-18)19-8-13-27(25,26)22-14-6-7-14/h14,22H,2-13H2,1H3,(H,19,20,21). The summed E-state index contributed by atoms with van der Waals surface area (Å²) in [6.45, 7) is 4.24. The fourth-order valence-electron chi connectivity index (χ4n) is 3.69. The second-order valence-corrected chi connectivity index (χ2v) is 9.81. The van der Waals surface area contributed by atoms with E-state index in [0.717, 1.165) is 82.2 Å². The molecule has 0 spiro atoms. The summed E-state index contributed by atoms with van der Waals surface area (Å²) in [4.78, 5) is 14.2. The highest BCUT2D eigenvalue weighted by molar-refractivity contribution is 7.89. The maximum absolute atomic E-state index is 12.1. The molecule has 8 nitrogen and oxygen atoms in total. The normalized spacial score (nSPS) is 21.1. The predicted octanol–water partition coefficient (Wildman–Crippen LogP) is 0.601. The zero-order valence-electron chi connectivity index (χ0n) is 16.1. The number of nitrogens with one attached hydrogen (secondary N) is 2. The minimum Gasteiger partial charge on any atom is -0.369 e. The molecular formula is C18H30N6O2S. The molecule has 1 saturated heterocycles. The first-order valence-electron chi connectivity index (χ1n) is 10.1. The van der Waals surface area contributed by atoms with Gasteiger partial charge in [-0.05, 0) is 45.6 Å². The molecule has 0 atom stereocenters. The van der Waals surface area contributed by atoms with E-state index in [2.05, 4.69) is 26.9 Å². The Morgan fingerprint density at radius 1 is 1.07 bits per heavy atom. The molecule has 27 heavy (non-hydrogen) atoms. The van der Waals surface area contributed by atoms with Gasteiger partial charge in [-0.25, -0.2) is 18.1 Å². The number of aromatic nitrogens is 2. The first-order chi connectivity index (χ1) is 13.0. The molecule has 2 N–H and O–H groups in total. The molecule has 4 rings (SSSR count). The van der Waals surface area contributed by atoms with E-state index in [4.69, 9.17) is 9.97 Å². The first kappa shape index (κ1) is 18.9. The van der Waals surface area contributed by atoms with Gasteiger partial charge >= 0.3 is 0 Å². The summed E-state index contributed by atoms with van der Waals surface area (Å²) in [6, 6.07) is 0.158. The van der Waals surface area contributed by atoms with E-state index in [0.29, 0.717) is 6.54 Å². The van der Waals surface area contributed by atoms with Gasteiger partial charge in [-0.15, -0.1) is 0 Å². The van der Waals surface area contributed by atoms with Crippen molar-refractivity contribution in [3.8, 4) is 0 Å². The molecule has 150 valence electrons. The fourth-order valence-corrected chi connectivity index (χ4v) is 4.93. The topological polar surface area (TPSA) is 90.5 Å². The number of rotatable bonds is 7. The number of sulfonamides is 1. The van der Waals surface area contributed by atoms with E-state index in [1.807, 2.05) is 0 Å². The number of piperazine rings is 1. The second kappa shape index (κ2) is 7.89. The van der Waals surface area contributed by atoms with Crippen molar-refractivity contribution in [3.63, 3.8) is 0 Å². The number of hydrogen-bond donors (Lipinski definition) is 2. The first-order valence-corrected chi connectivity index (χ1v) is 11.7. The molecule has 2 fully saturated rings. The summed E-state index contributed by atoms with van der Waals surface area (Å²) in [6.07, 6.45) is 6.16. The van der Waals surface area contributed by atoms with Crippen molar-refractivity contribution in [2.24, 2.45) is 0 Å². The third kappa shape index (κ3) is 4.89. The summed E-state index contributed by atoms with van der Waals surface area (Å²) in [5.74, 6) is 1.69. The smallest absolute Gasteiger partial charge is 0.227 e. The third-order valence-electron chi connectivity index (χ3n) is 5.54. The average Bonchev–Trinajstić information content (AvgIpc) is 3.45. The van der Waals surface area contributed by atoms with Crippen LogP contribution in [0.4, 0.5) is 11.8 Å². The number of nitrogens with zero attached hydrogens (tertiary/aromatic N) is 4. The Morgan fingerprint density at radius 2 is 1.81 bits per heavy atom. The van der Waals surface area contributed by atoms with Crippen LogP contribution in [-0.4, -0.2) is 74.9 Å². The summed E-state index contributed by atoms with van der Waals surface area (Å²) < 4.78 is 26.9. The number of likely N-dealkylation sites (N-methyl/N-ethyl adjacent to an activating group) is 1. The van der Waals surface area contributed by atoms with Gasteiger partial charge in [-0.1, -0.05) is 0 Å². The zero-order valence-corrected chi connectivity index (χ0v) is 16.9. The lowest BCUT2D eigenvalue weighted by molar-refractivity contribution is 0.311. The minimum atomic E-state index is -3.22. The highest BCUT2D eigenvalue weighted by Gasteiger charge is 2.27. The summed E-state index contributed by atoms with van der Waals surface area (Å²) in [7, 11) is -1.09. The van der Waals surface area contributed by atoms with Crippen LogP contribution in [0.15, 0.2) is 0 Å². The van der Waals surface area contributed by atoms with Crippen LogP contribution in [0, 0.1) is 0 Å². The van der Waals surface area contributed by atoms with Crippen LogP contribution in [-0.2, 0) is 22.9 Å². The molecule has 2 aliphatic carbocycles. The van der Waals surface area contributed by atoms with Gasteiger partial charge in [0.05, 0.1) is 11.4 Å². The van der Waals surface area contributed by atoms with E-state index in [1.54, 1.807) is 0 Å². The van der Waals surface area contributed by atoms with Crippen LogP contribution in [0.2, 0.25) is 0 Å². The largest absolute Gasteiger partial charge is 0.369 e. The van der Waals surface area contributed by atoms with Crippen molar-refractivity contribution in [3.05, 3.63) is 11.3 Å². The van der Waals surface area contributed by atoms with Crippen molar-refractivity contribution in [1.82, 2.24) is 19.6 Å². The molecule has 1 saturated carbocycles. The lowest BCUT2D eigenvalue weighted by Gasteiger charge is -2.33. The molecule has 9 heteroatoms. The Hall–Kier alpha value is -1.45. The lowest BCUT2D eigenvalue weighted by atomic mass is 9.96. The Balaban J connectivity index is 1.47. The van der Waals surface area contributed by atoms with Crippen molar-refractivity contribution < 1.29 is 8.42 Å². The Kier molecular flexibility index (Phi) is 5.52. The number of fused-ring (bicyclic) bond motifs is 1. The van der Waals surface area contributed by atoms with Crippen LogP contribution in [0.1, 0.15) is 36.9 Å². The predicted molar refractivity (Wildman–Crippen MR) is 107 cm³/mol. The van der Waals surface area contributed by atoms with Gasteiger partial charge < -0.3 is 15.1 Å². The van der Waals surface area contributed by atoms with E-state index < -0.39 is 10.0 Å². The Morgan fingerprint density at radius 3 is 2.56 bits per heavy atom. The van der Waals surface area contributed by atoms with E-state index in [1.165, 1.54) is 5.56 Å². The van der Waals surface area contributed by atoms with Gasteiger partial charge in [0, 0.05) is 44.3 Å². The third-order valence-corrected chi connectivity index (χ3v) is 6.98. The number of aryl methyl sites for hydroxylation is 1. The maximum atomic E-state index is 12.1. The van der Waals surface area contributed by atoms with E-state index in [-0.39, 0.29) is 11.8 Å². The molecule has 0 amide bonds. The van der Waals surface area contributed by atoms with E-state index >= 15 is 0 Å². The molecule has 1 aromatic heterocycles. The van der Waals surface area contributed by atoms with Gasteiger partial charge in [-0.3, -0.25) is 0 Å². The van der Waals surface area contributed by atoms with Crippen molar-refractivity contribution in [1.29, 1.82) is 0 Å². The highest BCUT2D eigenvalue weighted by atomic mass is 32.2. The maximum Gasteiger partial charge on any atom is 0.227 e. The van der Waals surface area contributed by atoms with Crippen LogP contribution < -0.4 is 14.9 Å². The molecule has 2 heterocycles. The SMILES string of the molecule is CN1CCN(c2nc3c(c(NCCS(=O)(=O)NC4CC4)n2)CCCC3)CC1. The monoisotopic (exact) mass is 394 g/mol. The Bertz CT molecular complexity index is 772. The number of hydrogen-bond acceptors (Lipinski definition) is 7. The van der Waals surface area contributed by atoms with Gasteiger partial charge in [0.1, 0.15) is 5.82 Å². The second-order valence-electron chi connectivity index (χ2n) is 7.93. The van der Waals surface area contributed by atoms with Gasteiger partial charge in [0.25, 0.3) is 0 Å². The van der Waals surface area contributed by atoms with Crippen molar-refractivity contribution in [2.45, 2.75) is 44.6 Å². The zero-order chi connectivity index (χ0) is 18.9. The van der Waals surface area contributed by atoms with Crippen LogP contribution in [0.5, 0.6) is 0 Å². The molecule has 0 unspecified atom stereocenters. The van der Waals surface area contributed by atoms with Crippen molar-refractivity contribution >= 4 is 21.8 Å². The van der Waals surface area contributed by atoms with Gasteiger partial charge in [-0.2, -0.15) is 4.98 Å². The average molecular weight is 395 g/mol. The van der Waals surface area contributed by atoms with Crippen molar-refractivity contribution in [2.75, 3.05) is 55.7 Å². The molecule has 3 aliphatic rings. The molecule has 0 radical (unpaired) electrons.